The normalized spacial score (nSPS) is 14.6. The fraction of sp³-hybridized carbons (Fsp3) is 0.636. The lowest BCUT2D eigenvalue weighted by Crippen LogP contribution is -2.25. The van der Waals surface area contributed by atoms with Gasteiger partial charge in [-0.15, -0.1) is 0 Å². The number of allylic oxidation sites excluding steroid dienone is 2. The SMILES string of the molecule is C=C(S/C(C)=C(\C)NC)S(=O)N(CC)CC. The van der Waals surface area contributed by atoms with Crippen molar-refractivity contribution in [1.29, 1.82) is 0 Å². The van der Waals surface area contributed by atoms with Crippen LogP contribution in [0.3, 0.4) is 0 Å². The van der Waals surface area contributed by atoms with Gasteiger partial charge in [-0.05, 0) is 13.8 Å². The Morgan fingerprint density at radius 1 is 1.38 bits per heavy atom. The molecule has 0 saturated heterocycles. The van der Waals surface area contributed by atoms with E-state index in [9.17, 15) is 4.21 Å². The highest BCUT2D eigenvalue weighted by Crippen LogP contribution is 2.28. The molecule has 0 aliphatic carbocycles. The summed E-state index contributed by atoms with van der Waals surface area (Å²) in [7, 11) is 0.777. The summed E-state index contributed by atoms with van der Waals surface area (Å²) in [4.78, 5) is 1.10. The minimum atomic E-state index is -1.10. The molecule has 0 bridgehead atoms. The average molecular weight is 262 g/mol. The Morgan fingerprint density at radius 2 is 1.88 bits per heavy atom. The summed E-state index contributed by atoms with van der Waals surface area (Å²) in [5.41, 5.74) is 1.09. The van der Waals surface area contributed by atoms with E-state index in [4.69, 9.17) is 0 Å². The quantitative estimate of drug-likeness (QED) is 0.765. The maximum atomic E-state index is 12.0. The molecule has 0 fully saturated rings. The number of hydrogen-bond acceptors (Lipinski definition) is 3. The standard InChI is InChI=1S/C11H22N2OS2/c1-7-13(8-2)16(14)11(5)15-10(4)9(3)12-6/h12H,5,7-8H2,1-4,6H3/b10-9+. The summed E-state index contributed by atoms with van der Waals surface area (Å²) < 4.78 is 14.6. The average Bonchev–Trinajstić information content (AvgIpc) is 2.29. The van der Waals surface area contributed by atoms with Crippen molar-refractivity contribution in [3.05, 3.63) is 21.4 Å². The van der Waals surface area contributed by atoms with Gasteiger partial charge in [0.2, 0.25) is 0 Å². The number of rotatable bonds is 7. The molecular formula is C11H22N2OS2. The first-order valence-corrected chi connectivity index (χ1v) is 7.29. The van der Waals surface area contributed by atoms with Crippen LogP contribution in [0.5, 0.6) is 0 Å². The van der Waals surface area contributed by atoms with Gasteiger partial charge in [0.15, 0.2) is 0 Å². The molecule has 16 heavy (non-hydrogen) atoms. The summed E-state index contributed by atoms with van der Waals surface area (Å²) >= 11 is 1.48. The molecule has 0 aromatic heterocycles. The first kappa shape index (κ1) is 15.7. The van der Waals surface area contributed by atoms with Gasteiger partial charge in [0.25, 0.3) is 0 Å². The van der Waals surface area contributed by atoms with Gasteiger partial charge in [-0.25, -0.2) is 8.51 Å². The topological polar surface area (TPSA) is 32.3 Å². The second-order valence-corrected chi connectivity index (χ2v) is 6.34. The van der Waals surface area contributed by atoms with Gasteiger partial charge in [-0.3, -0.25) is 0 Å². The molecule has 3 nitrogen and oxygen atoms in total. The van der Waals surface area contributed by atoms with Crippen LogP contribution in [0, 0.1) is 0 Å². The van der Waals surface area contributed by atoms with Crippen molar-refractivity contribution >= 4 is 22.7 Å². The van der Waals surface area contributed by atoms with Crippen LogP contribution in [-0.2, 0) is 11.0 Å². The predicted octanol–water partition coefficient (Wildman–Crippen LogP) is 2.67. The van der Waals surface area contributed by atoms with Crippen LogP contribution >= 0.6 is 11.8 Å². The maximum absolute atomic E-state index is 12.0. The van der Waals surface area contributed by atoms with E-state index in [1.807, 2.05) is 39.0 Å². The van der Waals surface area contributed by atoms with Crippen molar-refractivity contribution in [3.8, 4) is 0 Å². The molecule has 0 heterocycles. The first-order valence-electron chi connectivity index (χ1n) is 5.36. The van der Waals surface area contributed by atoms with Gasteiger partial charge in [-0.1, -0.05) is 32.2 Å². The lowest BCUT2D eigenvalue weighted by atomic mass is 10.5. The molecule has 0 rings (SSSR count). The Hall–Kier alpha value is -0.260. The Balaban J connectivity index is 4.54. The third kappa shape index (κ3) is 4.72. The molecule has 0 radical (unpaired) electrons. The van der Waals surface area contributed by atoms with Gasteiger partial charge < -0.3 is 5.32 Å². The number of hydrogen-bond donors (Lipinski definition) is 1. The molecule has 0 saturated carbocycles. The maximum Gasteiger partial charge on any atom is 0.133 e. The minimum absolute atomic E-state index is 0.691. The zero-order valence-electron chi connectivity index (χ0n) is 10.8. The summed E-state index contributed by atoms with van der Waals surface area (Å²) in [6, 6.07) is 0. The Morgan fingerprint density at radius 3 is 2.25 bits per heavy atom. The second kappa shape index (κ2) is 7.92. The Bertz CT molecular complexity index is 296. The van der Waals surface area contributed by atoms with Crippen LogP contribution in [0.1, 0.15) is 27.7 Å². The molecule has 0 aliphatic rings. The van der Waals surface area contributed by atoms with E-state index in [0.717, 1.165) is 23.7 Å². The Kier molecular flexibility index (Phi) is 7.80. The van der Waals surface area contributed by atoms with Gasteiger partial charge in [0, 0.05) is 30.7 Å². The molecular weight excluding hydrogens is 240 g/mol. The molecule has 0 amide bonds. The number of nitrogens with one attached hydrogen (secondary N) is 1. The van der Waals surface area contributed by atoms with Crippen molar-refractivity contribution in [3.63, 3.8) is 0 Å². The third-order valence-electron chi connectivity index (χ3n) is 2.30. The second-order valence-electron chi connectivity index (χ2n) is 3.27. The molecule has 1 unspecified atom stereocenters. The third-order valence-corrected chi connectivity index (χ3v) is 5.20. The van der Waals surface area contributed by atoms with Gasteiger partial charge >= 0.3 is 0 Å². The van der Waals surface area contributed by atoms with Gasteiger partial charge in [0.05, 0.1) is 4.24 Å². The van der Waals surface area contributed by atoms with Crippen molar-refractivity contribution in [2.24, 2.45) is 0 Å². The van der Waals surface area contributed by atoms with Crippen LogP contribution in [-0.4, -0.2) is 28.7 Å². The van der Waals surface area contributed by atoms with E-state index >= 15 is 0 Å². The highest BCUT2D eigenvalue weighted by atomic mass is 32.2. The van der Waals surface area contributed by atoms with Crippen LogP contribution in [0.4, 0.5) is 0 Å². The molecule has 94 valence electrons. The molecule has 5 heteroatoms. The number of nitrogens with zero attached hydrogens (tertiary/aromatic N) is 1. The van der Waals surface area contributed by atoms with Crippen LogP contribution < -0.4 is 5.32 Å². The van der Waals surface area contributed by atoms with Crippen molar-refractivity contribution < 1.29 is 4.21 Å². The predicted molar refractivity (Wildman–Crippen MR) is 75.2 cm³/mol. The zero-order chi connectivity index (χ0) is 12.7. The van der Waals surface area contributed by atoms with Crippen LogP contribution in [0.15, 0.2) is 21.4 Å². The highest BCUT2D eigenvalue weighted by Gasteiger charge is 2.14. The van der Waals surface area contributed by atoms with Crippen LogP contribution in [0.2, 0.25) is 0 Å². The van der Waals surface area contributed by atoms with Gasteiger partial charge in [0.1, 0.15) is 11.0 Å². The van der Waals surface area contributed by atoms with E-state index in [0.29, 0.717) is 4.24 Å². The number of thioether (sulfide) groups is 1. The lowest BCUT2D eigenvalue weighted by molar-refractivity contribution is 0.494. The summed E-state index contributed by atoms with van der Waals surface area (Å²) in [6.07, 6.45) is 0. The van der Waals surface area contributed by atoms with E-state index in [1.165, 1.54) is 11.8 Å². The highest BCUT2D eigenvalue weighted by molar-refractivity contribution is 8.18. The largest absolute Gasteiger partial charge is 0.391 e. The van der Waals surface area contributed by atoms with E-state index in [-0.39, 0.29) is 0 Å². The molecule has 1 atom stereocenters. The molecule has 1 N–H and O–H groups in total. The Labute approximate surface area is 106 Å². The molecule has 0 aromatic rings. The smallest absolute Gasteiger partial charge is 0.133 e. The lowest BCUT2D eigenvalue weighted by Gasteiger charge is -2.18. The zero-order valence-corrected chi connectivity index (χ0v) is 12.4. The van der Waals surface area contributed by atoms with Gasteiger partial charge in [-0.2, -0.15) is 0 Å². The molecule has 0 spiro atoms. The van der Waals surface area contributed by atoms with E-state index < -0.39 is 11.0 Å². The summed E-state index contributed by atoms with van der Waals surface area (Å²) in [5, 5.41) is 3.07. The van der Waals surface area contributed by atoms with Crippen molar-refractivity contribution in [2.75, 3.05) is 20.1 Å². The van der Waals surface area contributed by atoms with E-state index in [1.54, 1.807) is 0 Å². The minimum Gasteiger partial charge on any atom is -0.391 e. The summed E-state index contributed by atoms with van der Waals surface area (Å²) in [5.74, 6) is 0. The molecule has 0 aromatic carbocycles. The first-order chi connectivity index (χ1) is 7.47. The summed E-state index contributed by atoms with van der Waals surface area (Å²) in [6.45, 7) is 13.4. The van der Waals surface area contributed by atoms with E-state index in [2.05, 4.69) is 11.9 Å². The van der Waals surface area contributed by atoms with Crippen molar-refractivity contribution in [1.82, 2.24) is 9.62 Å². The fourth-order valence-electron chi connectivity index (χ4n) is 1.06. The fourth-order valence-corrected chi connectivity index (χ4v) is 3.39. The van der Waals surface area contributed by atoms with Crippen molar-refractivity contribution in [2.45, 2.75) is 27.7 Å². The monoisotopic (exact) mass is 262 g/mol. The van der Waals surface area contributed by atoms with Crippen LogP contribution in [0.25, 0.3) is 0 Å². The molecule has 0 aliphatic heterocycles.